The molecule has 0 aromatic heterocycles. The van der Waals surface area contributed by atoms with E-state index in [1.165, 1.54) is 0 Å². The zero-order valence-corrected chi connectivity index (χ0v) is 19.4. The second-order valence-corrected chi connectivity index (χ2v) is 12.1. The van der Waals surface area contributed by atoms with Crippen LogP contribution in [0, 0.1) is 10.8 Å². The Kier molecular flexibility index (Phi) is 6.87. The highest BCUT2D eigenvalue weighted by atomic mass is 32.2. The molecule has 3 rings (SSSR count). The van der Waals surface area contributed by atoms with Crippen LogP contribution in [0.25, 0.3) is 0 Å². The predicted octanol–water partition coefficient (Wildman–Crippen LogP) is 4.69. The van der Waals surface area contributed by atoms with E-state index in [2.05, 4.69) is 4.90 Å². The number of benzene rings is 1. The first kappa shape index (κ1) is 24.2. The van der Waals surface area contributed by atoms with Gasteiger partial charge in [0, 0.05) is 31.9 Å². The second kappa shape index (κ2) is 8.81. The van der Waals surface area contributed by atoms with Gasteiger partial charge in [-0.3, -0.25) is 0 Å². The standard InChI is InChI=1S/C22H33F3N2O3S/c1-20(2,3)17-31(28,29)27-13-9-21(10-14-27)8-12-26(16-21)18-4-6-19(7-5-18)30-15-11-22(23,24)25/h4-7H,8-17H2,1-3H3. The SMILES string of the molecule is CC(C)(C)CS(=O)(=O)N1CCC2(CCN(c3ccc(OCCC(F)(F)F)cc3)C2)CC1. The Morgan fingerprint density at radius 1 is 1.00 bits per heavy atom. The molecular weight excluding hydrogens is 429 g/mol. The molecule has 2 aliphatic rings. The Balaban J connectivity index is 1.52. The van der Waals surface area contributed by atoms with Gasteiger partial charge < -0.3 is 9.64 Å². The fourth-order valence-corrected chi connectivity index (χ4v) is 6.49. The first-order valence-corrected chi connectivity index (χ1v) is 12.4. The Hall–Kier alpha value is -1.48. The summed E-state index contributed by atoms with van der Waals surface area (Å²) < 4.78 is 68.9. The van der Waals surface area contributed by atoms with E-state index in [0.29, 0.717) is 18.8 Å². The van der Waals surface area contributed by atoms with Gasteiger partial charge in [-0.15, -0.1) is 0 Å². The summed E-state index contributed by atoms with van der Waals surface area (Å²) in [6.07, 6.45) is -2.46. The quantitative estimate of drug-likeness (QED) is 0.616. The third-order valence-corrected chi connectivity index (χ3v) is 8.47. The van der Waals surface area contributed by atoms with Gasteiger partial charge in [-0.1, -0.05) is 20.8 Å². The van der Waals surface area contributed by atoms with Gasteiger partial charge in [-0.2, -0.15) is 13.2 Å². The fraction of sp³-hybridized carbons (Fsp3) is 0.727. The number of hydrogen-bond donors (Lipinski definition) is 0. The van der Waals surface area contributed by atoms with Gasteiger partial charge in [0.05, 0.1) is 18.8 Å². The second-order valence-electron chi connectivity index (χ2n) is 10.1. The zero-order chi connectivity index (χ0) is 22.9. The number of piperidine rings is 1. The molecule has 0 bridgehead atoms. The maximum absolute atomic E-state index is 12.7. The Morgan fingerprint density at radius 3 is 2.13 bits per heavy atom. The summed E-state index contributed by atoms with van der Waals surface area (Å²) >= 11 is 0. The van der Waals surface area contributed by atoms with Crippen LogP contribution in [0.5, 0.6) is 5.75 Å². The number of ether oxygens (including phenoxy) is 1. The molecule has 2 fully saturated rings. The maximum atomic E-state index is 12.7. The molecular formula is C22H33F3N2O3S. The van der Waals surface area contributed by atoms with Gasteiger partial charge >= 0.3 is 6.18 Å². The predicted molar refractivity (Wildman–Crippen MR) is 116 cm³/mol. The van der Waals surface area contributed by atoms with Gasteiger partial charge in [0.1, 0.15) is 5.75 Å². The lowest BCUT2D eigenvalue weighted by Gasteiger charge is -2.39. The third kappa shape index (κ3) is 6.75. The van der Waals surface area contributed by atoms with E-state index in [0.717, 1.165) is 38.0 Å². The Bertz CT molecular complexity index is 840. The van der Waals surface area contributed by atoms with Gasteiger partial charge in [-0.05, 0) is 54.4 Å². The summed E-state index contributed by atoms with van der Waals surface area (Å²) in [5.74, 6) is 0.593. The van der Waals surface area contributed by atoms with Gasteiger partial charge in [0.2, 0.25) is 10.0 Å². The largest absolute Gasteiger partial charge is 0.493 e. The van der Waals surface area contributed by atoms with Crippen molar-refractivity contribution in [2.45, 2.75) is 52.6 Å². The first-order valence-electron chi connectivity index (χ1n) is 10.8. The molecule has 176 valence electrons. The molecule has 0 atom stereocenters. The van der Waals surface area contributed by atoms with Crippen LogP contribution in [-0.4, -0.2) is 57.4 Å². The monoisotopic (exact) mass is 462 g/mol. The average molecular weight is 463 g/mol. The van der Waals surface area contributed by atoms with Crippen molar-refractivity contribution in [3.63, 3.8) is 0 Å². The summed E-state index contributed by atoms with van der Waals surface area (Å²) in [5, 5.41) is 0. The molecule has 0 amide bonds. The molecule has 1 spiro atoms. The molecule has 1 aromatic rings. The summed E-state index contributed by atoms with van der Waals surface area (Å²) in [6, 6.07) is 7.17. The van der Waals surface area contributed by atoms with Crippen molar-refractivity contribution >= 4 is 15.7 Å². The fourth-order valence-electron chi connectivity index (χ4n) is 4.48. The van der Waals surface area contributed by atoms with Crippen molar-refractivity contribution in [3.8, 4) is 5.75 Å². The third-order valence-electron chi connectivity index (χ3n) is 6.09. The number of halogens is 3. The molecule has 0 aliphatic carbocycles. The lowest BCUT2D eigenvalue weighted by atomic mass is 9.78. The van der Waals surface area contributed by atoms with Crippen LogP contribution in [0.2, 0.25) is 0 Å². The van der Waals surface area contributed by atoms with Crippen LogP contribution in [0.3, 0.4) is 0 Å². The van der Waals surface area contributed by atoms with Crippen LogP contribution in [0.1, 0.15) is 46.5 Å². The van der Waals surface area contributed by atoms with Crippen LogP contribution < -0.4 is 9.64 Å². The van der Waals surface area contributed by atoms with Crippen molar-refractivity contribution < 1.29 is 26.3 Å². The highest BCUT2D eigenvalue weighted by Crippen LogP contribution is 2.42. The number of alkyl halides is 3. The van der Waals surface area contributed by atoms with E-state index in [-0.39, 0.29) is 23.2 Å². The minimum Gasteiger partial charge on any atom is -0.493 e. The minimum absolute atomic E-state index is 0.121. The van der Waals surface area contributed by atoms with E-state index in [9.17, 15) is 21.6 Å². The highest BCUT2D eigenvalue weighted by molar-refractivity contribution is 7.89. The van der Waals surface area contributed by atoms with Crippen LogP contribution in [-0.2, 0) is 10.0 Å². The van der Waals surface area contributed by atoms with Gasteiger partial charge in [-0.25, -0.2) is 12.7 Å². The number of sulfonamides is 1. The minimum atomic E-state index is -4.22. The normalized spacial score (nSPS) is 20.4. The van der Waals surface area contributed by atoms with Crippen molar-refractivity contribution in [2.75, 3.05) is 43.4 Å². The number of rotatable bonds is 6. The van der Waals surface area contributed by atoms with Crippen molar-refractivity contribution in [1.29, 1.82) is 0 Å². The number of nitrogens with zero attached hydrogens (tertiary/aromatic N) is 2. The Labute approximate surface area is 183 Å². The van der Waals surface area contributed by atoms with Gasteiger partial charge in [0.15, 0.2) is 0 Å². The van der Waals surface area contributed by atoms with E-state index in [4.69, 9.17) is 4.74 Å². The smallest absolute Gasteiger partial charge is 0.392 e. The van der Waals surface area contributed by atoms with Crippen molar-refractivity contribution in [1.82, 2.24) is 4.31 Å². The van der Waals surface area contributed by atoms with Crippen LogP contribution in [0.15, 0.2) is 24.3 Å². The lowest BCUT2D eigenvalue weighted by molar-refractivity contribution is -0.139. The summed E-state index contributed by atoms with van der Waals surface area (Å²) in [6.45, 7) is 8.34. The molecule has 1 aromatic carbocycles. The first-order chi connectivity index (χ1) is 14.3. The molecule has 0 unspecified atom stereocenters. The van der Waals surface area contributed by atoms with E-state index in [1.807, 2.05) is 32.9 Å². The molecule has 9 heteroatoms. The molecule has 2 heterocycles. The van der Waals surface area contributed by atoms with Crippen molar-refractivity contribution in [2.24, 2.45) is 10.8 Å². The lowest BCUT2D eigenvalue weighted by Crippen LogP contribution is -2.46. The Morgan fingerprint density at radius 2 is 1.58 bits per heavy atom. The summed E-state index contributed by atoms with van der Waals surface area (Å²) in [4.78, 5) is 2.28. The molecule has 0 N–H and O–H groups in total. The number of anilines is 1. The molecule has 2 saturated heterocycles. The highest BCUT2D eigenvalue weighted by Gasteiger charge is 2.43. The number of hydrogen-bond acceptors (Lipinski definition) is 4. The summed E-state index contributed by atoms with van der Waals surface area (Å²) in [5.41, 5.74) is 0.874. The van der Waals surface area contributed by atoms with Crippen molar-refractivity contribution in [3.05, 3.63) is 24.3 Å². The molecule has 2 aliphatic heterocycles. The van der Waals surface area contributed by atoms with E-state index < -0.39 is 22.6 Å². The van der Waals surface area contributed by atoms with Crippen LogP contribution >= 0.6 is 0 Å². The average Bonchev–Trinajstić information content (AvgIpc) is 3.03. The van der Waals surface area contributed by atoms with Crippen LogP contribution in [0.4, 0.5) is 18.9 Å². The molecule has 31 heavy (non-hydrogen) atoms. The van der Waals surface area contributed by atoms with Gasteiger partial charge in [0.25, 0.3) is 0 Å². The summed E-state index contributed by atoms with van der Waals surface area (Å²) in [7, 11) is -3.24. The molecule has 0 radical (unpaired) electrons. The van der Waals surface area contributed by atoms with E-state index >= 15 is 0 Å². The van der Waals surface area contributed by atoms with E-state index in [1.54, 1.807) is 16.4 Å². The zero-order valence-electron chi connectivity index (χ0n) is 18.5. The maximum Gasteiger partial charge on any atom is 0.392 e. The topological polar surface area (TPSA) is 49.9 Å². The molecule has 0 saturated carbocycles. The molecule has 5 nitrogen and oxygen atoms in total.